The highest BCUT2D eigenvalue weighted by Crippen LogP contribution is 2.29. The summed E-state index contributed by atoms with van der Waals surface area (Å²) in [7, 11) is -7.95. The number of benzene rings is 3. The van der Waals surface area contributed by atoms with E-state index in [9.17, 15) is 16.8 Å². The van der Waals surface area contributed by atoms with Crippen molar-refractivity contribution in [2.45, 2.75) is 29.8 Å². The molecule has 0 fully saturated rings. The molecule has 0 aromatic heterocycles. The van der Waals surface area contributed by atoms with Crippen molar-refractivity contribution in [3.63, 3.8) is 0 Å². The minimum Gasteiger partial charge on any atom is -0.494 e. The van der Waals surface area contributed by atoms with E-state index in [4.69, 9.17) is 9.88 Å². The first-order chi connectivity index (χ1) is 16.2. The fourth-order valence-corrected chi connectivity index (χ4v) is 5.86. The van der Waals surface area contributed by atoms with E-state index in [0.29, 0.717) is 42.3 Å². The second-order valence-electron chi connectivity index (χ2n) is 7.70. The van der Waals surface area contributed by atoms with Crippen LogP contribution in [-0.2, 0) is 33.1 Å². The first-order valence-electron chi connectivity index (χ1n) is 10.6. The van der Waals surface area contributed by atoms with Gasteiger partial charge in [-0.2, -0.15) is 0 Å². The highest BCUT2D eigenvalue weighted by molar-refractivity contribution is 7.92. The van der Waals surface area contributed by atoms with Crippen LogP contribution in [-0.4, -0.2) is 23.4 Å². The Hall–Kier alpha value is -3.18. The van der Waals surface area contributed by atoms with Crippen molar-refractivity contribution in [1.29, 1.82) is 0 Å². The molecule has 34 heavy (non-hydrogen) atoms. The van der Waals surface area contributed by atoms with Gasteiger partial charge in [-0.05, 0) is 53.4 Å². The van der Waals surface area contributed by atoms with Crippen molar-refractivity contribution in [3.05, 3.63) is 82.9 Å². The van der Waals surface area contributed by atoms with Gasteiger partial charge in [0.2, 0.25) is 10.0 Å². The molecule has 178 valence electrons. The predicted octanol–water partition coefficient (Wildman–Crippen LogP) is 3.31. The fourth-order valence-electron chi connectivity index (χ4n) is 3.82. The average Bonchev–Trinajstić information content (AvgIpc) is 3.28. The van der Waals surface area contributed by atoms with Gasteiger partial charge < -0.3 is 10.1 Å². The molecule has 4 rings (SSSR count). The molecule has 4 N–H and O–H groups in total. The van der Waals surface area contributed by atoms with Crippen molar-refractivity contribution in [1.82, 2.24) is 5.32 Å². The molecule has 0 aliphatic carbocycles. The fraction of sp³-hybridized carbons (Fsp3) is 0.167. The predicted molar refractivity (Wildman–Crippen MR) is 132 cm³/mol. The number of hydrogen-bond acceptors (Lipinski definition) is 6. The quantitative estimate of drug-likeness (QED) is 0.408. The molecule has 3 aromatic rings. The molecular formula is C24H25N3O5S2. The van der Waals surface area contributed by atoms with Crippen LogP contribution in [0.1, 0.15) is 29.2 Å². The van der Waals surface area contributed by atoms with Crippen molar-refractivity contribution in [3.8, 4) is 5.75 Å². The van der Waals surface area contributed by atoms with Gasteiger partial charge in [0.25, 0.3) is 10.0 Å². The monoisotopic (exact) mass is 499 g/mol. The molecule has 0 amide bonds. The van der Waals surface area contributed by atoms with Crippen LogP contribution in [0.4, 0.5) is 5.69 Å². The normalized spacial score (nSPS) is 13.7. The standard InChI is InChI=1S/C24H25N3O5S2/c1-2-32-20-13-12-18(24(14-20)33(25,28)29)11-10-17-6-3-4-9-23(17)34(30,31)27-22-8-5-7-19-15-26-16-21(19)22/h3-14,26-27H,2,15-16H2,1H3,(H2,25,28,29). The molecule has 1 aliphatic heterocycles. The van der Waals surface area contributed by atoms with Crippen molar-refractivity contribution >= 4 is 37.9 Å². The first-order valence-corrected chi connectivity index (χ1v) is 13.6. The van der Waals surface area contributed by atoms with Crippen molar-refractivity contribution in [2.75, 3.05) is 11.3 Å². The van der Waals surface area contributed by atoms with Crippen LogP contribution >= 0.6 is 0 Å². The smallest absolute Gasteiger partial charge is 0.262 e. The summed E-state index contributed by atoms with van der Waals surface area (Å²) < 4.78 is 58.9. The van der Waals surface area contributed by atoms with Gasteiger partial charge in [-0.1, -0.05) is 42.5 Å². The summed E-state index contributed by atoms with van der Waals surface area (Å²) in [5.41, 5.74) is 3.23. The third-order valence-corrected chi connectivity index (χ3v) is 7.79. The van der Waals surface area contributed by atoms with E-state index in [0.717, 1.165) is 11.1 Å². The van der Waals surface area contributed by atoms with Gasteiger partial charge in [-0.15, -0.1) is 0 Å². The lowest BCUT2D eigenvalue weighted by Gasteiger charge is -2.13. The maximum Gasteiger partial charge on any atom is 0.262 e. The molecular weight excluding hydrogens is 474 g/mol. The van der Waals surface area contributed by atoms with Crippen LogP contribution in [0.5, 0.6) is 5.75 Å². The van der Waals surface area contributed by atoms with Gasteiger partial charge in [-0.3, -0.25) is 4.72 Å². The number of ether oxygens (including phenoxy) is 1. The van der Waals surface area contributed by atoms with Gasteiger partial charge >= 0.3 is 0 Å². The van der Waals surface area contributed by atoms with Crippen LogP contribution in [0.3, 0.4) is 0 Å². The number of hydrogen-bond donors (Lipinski definition) is 3. The Morgan fingerprint density at radius 1 is 0.941 bits per heavy atom. The lowest BCUT2D eigenvalue weighted by Crippen LogP contribution is -2.15. The van der Waals surface area contributed by atoms with E-state index in [1.807, 2.05) is 12.1 Å². The van der Waals surface area contributed by atoms with E-state index < -0.39 is 20.0 Å². The van der Waals surface area contributed by atoms with E-state index in [1.165, 1.54) is 18.2 Å². The van der Waals surface area contributed by atoms with Crippen LogP contribution in [0.25, 0.3) is 12.2 Å². The van der Waals surface area contributed by atoms with Crippen LogP contribution in [0.15, 0.2) is 70.5 Å². The lowest BCUT2D eigenvalue weighted by molar-refractivity contribution is 0.339. The zero-order valence-corrected chi connectivity index (χ0v) is 20.1. The highest BCUT2D eigenvalue weighted by atomic mass is 32.2. The van der Waals surface area contributed by atoms with Crippen molar-refractivity contribution < 1.29 is 21.6 Å². The van der Waals surface area contributed by atoms with Crippen LogP contribution in [0.2, 0.25) is 0 Å². The molecule has 1 heterocycles. The number of anilines is 1. The van der Waals surface area contributed by atoms with Crippen molar-refractivity contribution in [2.24, 2.45) is 5.14 Å². The summed E-state index contributed by atoms with van der Waals surface area (Å²) in [5, 5.41) is 8.61. The zero-order chi connectivity index (χ0) is 24.3. The van der Waals surface area contributed by atoms with E-state index >= 15 is 0 Å². The summed E-state index contributed by atoms with van der Waals surface area (Å²) in [6.07, 6.45) is 3.07. The molecule has 10 heteroatoms. The Morgan fingerprint density at radius 2 is 1.68 bits per heavy atom. The number of sulfonamides is 2. The molecule has 0 spiro atoms. The van der Waals surface area contributed by atoms with E-state index in [-0.39, 0.29) is 9.79 Å². The Labute approximate surface area is 199 Å². The summed E-state index contributed by atoms with van der Waals surface area (Å²) in [5.74, 6) is 0.376. The number of fused-ring (bicyclic) bond motifs is 1. The Morgan fingerprint density at radius 3 is 2.41 bits per heavy atom. The summed E-state index contributed by atoms with van der Waals surface area (Å²) in [6.45, 7) is 3.44. The molecule has 0 unspecified atom stereocenters. The summed E-state index contributed by atoms with van der Waals surface area (Å²) in [4.78, 5) is -0.0431. The summed E-state index contributed by atoms with van der Waals surface area (Å²) in [6, 6.07) is 16.6. The minimum atomic E-state index is -4.03. The molecule has 3 aromatic carbocycles. The summed E-state index contributed by atoms with van der Waals surface area (Å²) >= 11 is 0. The maximum atomic E-state index is 13.3. The largest absolute Gasteiger partial charge is 0.494 e. The van der Waals surface area contributed by atoms with Crippen LogP contribution < -0.4 is 19.9 Å². The topological polar surface area (TPSA) is 128 Å². The molecule has 0 radical (unpaired) electrons. The molecule has 0 bridgehead atoms. The van der Waals surface area contributed by atoms with E-state index in [1.54, 1.807) is 49.4 Å². The van der Waals surface area contributed by atoms with Gasteiger partial charge in [0.05, 0.1) is 22.1 Å². The number of rotatable bonds is 8. The molecule has 0 saturated heterocycles. The van der Waals surface area contributed by atoms with E-state index in [2.05, 4.69) is 10.0 Å². The SMILES string of the molecule is CCOc1ccc(C=Cc2ccccc2S(=O)(=O)Nc2cccc3c2CNC3)c(S(N)(=O)=O)c1. The average molecular weight is 500 g/mol. The van der Waals surface area contributed by atoms with Gasteiger partial charge in [0.15, 0.2) is 0 Å². The Balaban J connectivity index is 1.69. The minimum absolute atomic E-state index is 0.0675. The van der Waals surface area contributed by atoms with Gasteiger partial charge in [-0.25, -0.2) is 22.0 Å². The third-order valence-electron chi connectivity index (χ3n) is 5.39. The second-order valence-corrected chi connectivity index (χ2v) is 10.9. The number of nitrogens with one attached hydrogen (secondary N) is 2. The Kier molecular flexibility index (Phi) is 6.76. The first kappa shape index (κ1) is 24.0. The highest BCUT2D eigenvalue weighted by Gasteiger charge is 2.21. The molecule has 1 aliphatic rings. The molecule has 0 atom stereocenters. The number of nitrogens with two attached hydrogens (primary N) is 1. The zero-order valence-electron chi connectivity index (χ0n) is 18.5. The third kappa shape index (κ3) is 5.15. The lowest BCUT2D eigenvalue weighted by atomic mass is 10.1. The van der Waals surface area contributed by atoms with Gasteiger partial charge in [0, 0.05) is 19.2 Å². The molecule has 8 nitrogen and oxygen atoms in total. The van der Waals surface area contributed by atoms with Crippen LogP contribution in [0, 0.1) is 0 Å². The second kappa shape index (κ2) is 9.59. The molecule has 0 saturated carbocycles. The maximum absolute atomic E-state index is 13.3. The van der Waals surface area contributed by atoms with Gasteiger partial charge in [0.1, 0.15) is 5.75 Å². The number of primary sulfonamides is 1. The Bertz CT molecular complexity index is 1470.